The number of aromatic nitrogens is 4. The Hall–Kier alpha value is -2.18. The van der Waals surface area contributed by atoms with Crippen LogP contribution in [-0.2, 0) is 20.1 Å². The third-order valence-corrected chi connectivity index (χ3v) is 4.61. The van der Waals surface area contributed by atoms with Gasteiger partial charge in [0.2, 0.25) is 0 Å². The maximum Gasteiger partial charge on any atom is 0.258 e. The van der Waals surface area contributed by atoms with Crippen LogP contribution in [0.3, 0.4) is 0 Å². The number of benzene rings is 1. The highest BCUT2D eigenvalue weighted by Gasteiger charge is 2.15. The van der Waals surface area contributed by atoms with Gasteiger partial charge in [-0.05, 0) is 25.6 Å². The molecule has 0 amide bonds. The number of aryl methyl sites for hydroxylation is 2. The minimum atomic E-state index is -0.109. The molecule has 6 nitrogen and oxygen atoms in total. The van der Waals surface area contributed by atoms with Crippen molar-refractivity contribution in [1.29, 1.82) is 0 Å². The second-order valence-corrected chi connectivity index (χ2v) is 6.17. The Bertz CT molecular complexity index is 930. The van der Waals surface area contributed by atoms with Crippen LogP contribution in [0.15, 0.2) is 29.1 Å². The fourth-order valence-electron chi connectivity index (χ4n) is 2.78. The normalized spacial score (nSPS) is 11.5. The molecule has 7 heteroatoms. The minimum Gasteiger partial charge on any atom is -0.309 e. The maximum atomic E-state index is 12.2. The van der Waals surface area contributed by atoms with Crippen molar-refractivity contribution in [2.45, 2.75) is 26.9 Å². The summed E-state index contributed by atoms with van der Waals surface area (Å²) in [4.78, 5) is 21.8. The molecule has 0 radical (unpaired) electrons. The van der Waals surface area contributed by atoms with Crippen molar-refractivity contribution in [3.05, 3.63) is 56.9 Å². The molecule has 0 saturated carbocycles. The van der Waals surface area contributed by atoms with E-state index in [0.29, 0.717) is 35.0 Å². The molecule has 0 aliphatic heterocycles. The van der Waals surface area contributed by atoms with Crippen LogP contribution in [0.4, 0.5) is 0 Å². The van der Waals surface area contributed by atoms with Crippen molar-refractivity contribution >= 4 is 22.5 Å². The van der Waals surface area contributed by atoms with Gasteiger partial charge >= 0.3 is 0 Å². The first-order valence-corrected chi connectivity index (χ1v) is 8.25. The summed E-state index contributed by atoms with van der Waals surface area (Å²) in [5.74, 6) is 0.651. The van der Waals surface area contributed by atoms with E-state index in [1.165, 1.54) is 0 Å². The lowest BCUT2D eigenvalue weighted by atomic mass is 10.2. The third-order valence-electron chi connectivity index (χ3n) is 4.13. The van der Waals surface area contributed by atoms with Crippen LogP contribution in [0.5, 0.6) is 0 Å². The van der Waals surface area contributed by atoms with Crippen LogP contribution in [0.2, 0.25) is 5.15 Å². The van der Waals surface area contributed by atoms with Crippen molar-refractivity contribution in [2.24, 2.45) is 7.05 Å². The Kier molecular flexibility index (Phi) is 4.69. The molecule has 0 spiro atoms. The zero-order valence-corrected chi connectivity index (χ0v) is 14.8. The lowest BCUT2D eigenvalue weighted by Crippen LogP contribution is -2.25. The summed E-state index contributed by atoms with van der Waals surface area (Å²) in [6.07, 6.45) is 0. The third kappa shape index (κ3) is 3.20. The van der Waals surface area contributed by atoms with E-state index in [4.69, 9.17) is 11.6 Å². The second kappa shape index (κ2) is 6.75. The van der Waals surface area contributed by atoms with Gasteiger partial charge in [0, 0.05) is 19.2 Å². The molecule has 3 rings (SSSR count). The zero-order valence-electron chi connectivity index (χ0n) is 14.0. The van der Waals surface area contributed by atoms with Crippen molar-refractivity contribution < 1.29 is 0 Å². The smallest absolute Gasteiger partial charge is 0.258 e. The Labute approximate surface area is 145 Å². The largest absolute Gasteiger partial charge is 0.309 e. The number of H-pyrrole nitrogens is 1. The van der Waals surface area contributed by atoms with Crippen LogP contribution < -0.4 is 5.56 Å². The van der Waals surface area contributed by atoms with Gasteiger partial charge in [-0.15, -0.1) is 0 Å². The monoisotopic (exact) mass is 345 g/mol. The summed E-state index contributed by atoms with van der Waals surface area (Å²) in [7, 11) is 1.83. The van der Waals surface area contributed by atoms with Crippen LogP contribution in [0.25, 0.3) is 10.9 Å². The molecule has 3 aromatic rings. The van der Waals surface area contributed by atoms with Crippen LogP contribution in [-0.4, -0.2) is 31.2 Å². The van der Waals surface area contributed by atoms with Gasteiger partial charge in [-0.3, -0.25) is 14.4 Å². The van der Waals surface area contributed by atoms with Crippen molar-refractivity contribution in [3.63, 3.8) is 0 Å². The molecular weight excluding hydrogens is 326 g/mol. The Morgan fingerprint density at radius 2 is 2.04 bits per heavy atom. The predicted octanol–water partition coefficient (Wildman–Crippen LogP) is 2.64. The molecule has 0 saturated heterocycles. The SMILES string of the molecule is CCN(Cc1nc2ccccc2c(=O)[nH]1)Cc1c(C)nn(C)c1Cl. The molecule has 2 aromatic heterocycles. The first-order valence-electron chi connectivity index (χ1n) is 7.87. The topological polar surface area (TPSA) is 66.8 Å². The molecule has 0 unspecified atom stereocenters. The molecule has 24 heavy (non-hydrogen) atoms. The van der Waals surface area contributed by atoms with Gasteiger partial charge in [-0.25, -0.2) is 4.98 Å². The number of halogens is 1. The van der Waals surface area contributed by atoms with Gasteiger partial charge in [0.05, 0.1) is 23.1 Å². The molecule has 2 heterocycles. The van der Waals surface area contributed by atoms with Crippen LogP contribution in [0.1, 0.15) is 24.0 Å². The molecule has 0 atom stereocenters. The molecule has 0 bridgehead atoms. The van der Waals surface area contributed by atoms with E-state index in [-0.39, 0.29) is 5.56 Å². The van der Waals surface area contributed by atoms with E-state index in [2.05, 4.69) is 26.9 Å². The van der Waals surface area contributed by atoms with E-state index in [9.17, 15) is 4.79 Å². The van der Waals surface area contributed by atoms with Gasteiger partial charge in [0.25, 0.3) is 5.56 Å². The van der Waals surface area contributed by atoms with Gasteiger partial charge in [-0.2, -0.15) is 5.10 Å². The standard InChI is InChI=1S/C17H20ClN5O/c1-4-23(9-13-11(2)21-22(3)16(13)18)10-15-19-14-8-6-5-7-12(14)17(24)20-15/h5-8H,4,9-10H2,1-3H3,(H,19,20,24). The summed E-state index contributed by atoms with van der Waals surface area (Å²) in [5.41, 5.74) is 2.52. The lowest BCUT2D eigenvalue weighted by Gasteiger charge is -2.19. The van der Waals surface area contributed by atoms with Crippen molar-refractivity contribution in [2.75, 3.05) is 6.54 Å². The number of para-hydroxylation sites is 1. The fourth-order valence-corrected chi connectivity index (χ4v) is 3.01. The molecule has 0 aliphatic carbocycles. The van der Waals surface area contributed by atoms with Gasteiger partial charge in [0.1, 0.15) is 11.0 Å². The Morgan fingerprint density at radius 3 is 2.71 bits per heavy atom. The van der Waals surface area contributed by atoms with Crippen molar-refractivity contribution in [1.82, 2.24) is 24.6 Å². The molecule has 0 aliphatic rings. The summed E-state index contributed by atoms with van der Waals surface area (Å²) < 4.78 is 1.68. The Balaban J connectivity index is 1.87. The van der Waals surface area contributed by atoms with E-state index >= 15 is 0 Å². The molecule has 1 aromatic carbocycles. The van der Waals surface area contributed by atoms with E-state index in [1.54, 1.807) is 10.7 Å². The number of hydrogen-bond acceptors (Lipinski definition) is 4. The molecule has 0 fully saturated rings. The quantitative estimate of drug-likeness (QED) is 0.772. The van der Waals surface area contributed by atoms with E-state index in [0.717, 1.165) is 17.8 Å². The number of nitrogens with one attached hydrogen (secondary N) is 1. The van der Waals surface area contributed by atoms with Crippen LogP contribution >= 0.6 is 11.6 Å². The molecular formula is C17H20ClN5O. The lowest BCUT2D eigenvalue weighted by molar-refractivity contribution is 0.264. The highest BCUT2D eigenvalue weighted by Crippen LogP contribution is 2.21. The zero-order chi connectivity index (χ0) is 17.3. The number of rotatable bonds is 5. The second-order valence-electron chi connectivity index (χ2n) is 5.81. The van der Waals surface area contributed by atoms with Gasteiger partial charge < -0.3 is 4.98 Å². The Morgan fingerprint density at radius 1 is 1.29 bits per heavy atom. The van der Waals surface area contributed by atoms with E-state index < -0.39 is 0 Å². The minimum absolute atomic E-state index is 0.109. The average molecular weight is 346 g/mol. The molecule has 1 N–H and O–H groups in total. The van der Waals surface area contributed by atoms with Gasteiger partial charge in [-0.1, -0.05) is 30.7 Å². The van der Waals surface area contributed by atoms with Crippen LogP contribution in [0, 0.1) is 6.92 Å². The summed E-state index contributed by atoms with van der Waals surface area (Å²) in [6, 6.07) is 7.35. The molecule has 126 valence electrons. The fraction of sp³-hybridized carbons (Fsp3) is 0.353. The number of hydrogen-bond donors (Lipinski definition) is 1. The first-order chi connectivity index (χ1) is 11.5. The highest BCUT2D eigenvalue weighted by atomic mass is 35.5. The summed E-state index contributed by atoms with van der Waals surface area (Å²) >= 11 is 6.32. The summed E-state index contributed by atoms with van der Waals surface area (Å²) in [6.45, 7) is 6.03. The summed E-state index contributed by atoms with van der Waals surface area (Å²) in [5, 5.41) is 5.60. The van der Waals surface area contributed by atoms with Gasteiger partial charge in [0.15, 0.2) is 0 Å². The highest BCUT2D eigenvalue weighted by molar-refractivity contribution is 6.30. The number of aromatic amines is 1. The number of nitrogens with zero attached hydrogens (tertiary/aromatic N) is 4. The predicted molar refractivity (Wildman–Crippen MR) is 95.1 cm³/mol. The number of fused-ring (bicyclic) bond motifs is 1. The average Bonchev–Trinajstić information content (AvgIpc) is 2.80. The van der Waals surface area contributed by atoms with Crippen molar-refractivity contribution in [3.8, 4) is 0 Å². The maximum absolute atomic E-state index is 12.2. The van der Waals surface area contributed by atoms with E-state index in [1.807, 2.05) is 32.2 Å². The first kappa shape index (κ1) is 16.7.